The van der Waals surface area contributed by atoms with Crippen LogP contribution in [0.2, 0.25) is 0 Å². The fourth-order valence-electron chi connectivity index (χ4n) is 2.33. The first-order valence-electron chi connectivity index (χ1n) is 5.26. The number of fused-ring (bicyclic) bond motifs is 1. The van der Waals surface area contributed by atoms with Gasteiger partial charge in [0.2, 0.25) is 0 Å². The molecular weight excluding hydrogens is 200 g/mol. The molecule has 3 saturated heterocycles. The molecule has 15 heavy (non-hydrogen) atoms. The van der Waals surface area contributed by atoms with Gasteiger partial charge in [-0.2, -0.15) is 0 Å². The Morgan fingerprint density at radius 2 is 1.80 bits per heavy atom. The lowest BCUT2D eigenvalue weighted by Gasteiger charge is -2.22. The second-order valence-corrected chi connectivity index (χ2v) is 4.64. The molecule has 0 aromatic rings. The summed E-state index contributed by atoms with van der Waals surface area (Å²) in [6, 6.07) is 0. The lowest BCUT2D eigenvalue weighted by molar-refractivity contribution is -0.228. The van der Waals surface area contributed by atoms with Crippen LogP contribution in [0.3, 0.4) is 0 Å². The fraction of sp³-hybridized carbons (Fsp3) is 1.00. The third-order valence-corrected chi connectivity index (χ3v) is 3.00. The zero-order valence-corrected chi connectivity index (χ0v) is 9.14. The van der Waals surface area contributed by atoms with Gasteiger partial charge >= 0.3 is 0 Å². The predicted molar refractivity (Wildman–Crippen MR) is 49.2 cm³/mol. The molecule has 5 nitrogen and oxygen atoms in total. The van der Waals surface area contributed by atoms with Crippen LogP contribution in [0.25, 0.3) is 0 Å². The van der Waals surface area contributed by atoms with Gasteiger partial charge in [-0.25, -0.2) is 0 Å². The van der Waals surface area contributed by atoms with Crippen LogP contribution in [0.15, 0.2) is 0 Å². The number of epoxide rings is 1. The van der Waals surface area contributed by atoms with E-state index in [1.807, 2.05) is 13.8 Å². The summed E-state index contributed by atoms with van der Waals surface area (Å²) >= 11 is 0. The van der Waals surface area contributed by atoms with E-state index >= 15 is 0 Å². The first-order valence-corrected chi connectivity index (χ1v) is 5.26. The normalized spacial score (nSPS) is 51.8. The largest absolute Gasteiger partial charge is 0.370 e. The monoisotopic (exact) mass is 216 g/mol. The Kier molecular flexibility index (Phi) is 2.10. The number of ether oxygens (including phenoxy) is 5. The maximum absolute atomic E-state index is 5.81. The molecule has 5 atom stereocenters. The Morgan fingerprint density at radius 3 is 2.40 bits per heavy atom. The Hall–Kier alpha value is -0.200. The van der Waals surface area contributed by atoms with Crippen LogP contribution >= 0.6 is 0 Å². The van der Waals surface area contributed by atoms with Gasteiger partial charge in [-0.15, -0.1) is 0 Å². The zero-order chi connectivity index (χ0) is 10.6. The van der Waals surface area contributed by atoms with Crippen molar-refractivity contribution in [3.05, 3.63) is 0 Å². The van der Waals surface area contributed by atoms with E-state index in [9.17, 15) is 0 Å². The van der Waals surface area contributed by atoms with Crippen molar-refractivity contribution < 1.29 is 23.7 Å². The summed E-state index contributed by atoms with van der Waals surface area (Å²) in [4.78, 5) is 0. The van der Waals surface area contributed by atoms with E-state index in [-0.39, 0.29) is 30.7 Å². The molecule has 86 valence electrons. The fourth-order valence-corrected chi connectivity index (χ4v) is 2.33. The van der Waals surface area contributed by atoms with Crippen LogP contribution in [0, 0.1) is 0 Å². The van der Waals surface area contributed by atoms with Crippen molar-refractivity contribution >= 4 is 0 Å². The number of methoxy groups -OCH3 is 1. The van der Waals surface area contributed by atoms with Crippen LogP contribution < -0.4 is 0 Å². The van der Waals surface area contributed by atoms with Gasteiger partial charge in [0, 0.05) is 7.11 Å². The molecule has 5 heteroatoms. The quantitative estimate of drug-likeness (QED) is 0.620. The van der Waals surface area contributed by atoms with Gasteiger partial charge in [0.15, 0.2) is 12.1 Å². The summed E-state index contributed by atoms with van der Waals surface area (Å²) in [5.41, 5.74) is 0. The second-order valence-electron chi connectivity index (χ2n) is 4.64. The highest BCUT2D eigenvalue weighted by molar-refractivity contribution is 5.00. The second kappa shape index (κ2) is 3.15. The molecule has 0 spiro atoms. The van der Waals surface area contributed by atoms with Crippen molar-refractivity contribution in [3.63, 3.8) is 0 Å². The molecule has 3 fully saturated rings. The minimum absolute atomic E-state index is 0.0540. The number of hydrogen-bond donors (Lipinski definition) is 0. The molecule has 0 aromatic carbocycles. The predicted octanol–water partition coefficient (Wildman–Crippen LogP) is 0.277. The first-order chi connectivity index (χ1) is 7.11. The number of rotatable bonds is 2. The van der Waals surface area contributed by atoms with Crippen LogP contribution in [-0.4, -0.2) is 50.2 Å². The molecule has 0 N–H and O–H groups in total. The van der Waals surface area contributed by atoms with Crippen molar-refractivity contribution in [1.82, 2.24) is 0 Å². The van der Waals surface area contributed by atoms with E-state index in [1.54, 1.807) is 7.11 Å². The molecule has 3 aliphatic heterocycles. The Labute approximate surface area is 88.6 Å². The van der Waals surface area contributed by atoms with E-state index in [0.717, 1.165) is 6.61 Å². The molecule has 0 unspecified atom stereocenters. The average molecular weight is 216 g/mol. The third-order valence-electron chi connectivity index (χ3n) is 3.00. The van der Waals surface area contributed by atoms with Gasteiger partial charge in [0.1, 0.15) is 24.4 Å². The average Bonchev–Trinajstić information content (AvgIpc) is 2.87. The van der Waals surface area contributed by atoms with Gasteiger partial charge in [0.25, 0.3) is 0 Å². The van der Waals surface area contributed by atoms with Crippen LogP contribution in [0.5, 0.6) is 0 Å². The van der Waals surface area contributed by atoms with Crippen LogP contribution in [0.1, 0.15) is 13.8 Å². The number of hydrogen-bond acceptors (Lipinski definition) is 5. The van der Waals surface area contributed by atoms with Gasteiger partial charge < -0.3 is 23.7 Å². The van der Waals surface area contributed by atoms with Crippen molar-refractivity contribution in [2.75, 3.05) is 13.7 Å². The standard InChI is InChI=1S/C10H16O5/c1-10(2)14-7-6(5-4-12-5)13-9(11-3)8(7)15-10/h5-9H,4H2,1-3H3/t5-,6-,7+,8+,9+/m1/s1. The zero-order valence-electron chi connectivity index (χ0n) is 9.14. The Balaban J connectivity index is 1.79. The summed E-state index contributed by atoms with van der Waals surface area (Å²) in [5, 5.41) is 0. The SMILES string of the molecule is CO[C@H]1O[C@H]([C@H]2CO2)[C@@H]2OC(C)(C)O[C@H]12. The van der Waals surface area contributed by atoms with Crippen molar-refractivity contribution in [3.8, 4) is 0 Å². The highest BCUT2D eigenvalue weighted by atomic mass is 16.8. The summed E-state index contributed by atoms with van der Waals surface area (Å²) in [7, 11) is 1.62. The van der Waals surface area contributed by atoms with Crippen molar-refractivity contribution in [2.45, 2.75) is 50.3 Å². The van der Waals surface area contributed by atoms with E-state index in [2.05, 4.69) is 0 Å². The highest BCUT2D eigenvalue weighted by Gasteiger charge is 2.59. The van der Waals surface area contributed by atoms with E-state index in [1.165, 1.54) is 0 Å². The topological polar surface area (TPSA) is 49.5 Å². The van der Waals surface area contributed by atoms with E-state index in [4.69, 9.17) is 23.7 Å². The highest BCUT2D eigenvalue weighted by Crippen LogP contribution is 2.42. The Bertz CT molecular complexity index is 263. The molecule has 0 aliphatic carbocycles. The molecule has 0 aromatic heterocycles. The van der Waals surface area contributed by atoms with Crippen molar-refractivity contribution in [2.24, 2.45) is 0 Å². The van der Waals surface area contributed by atoms with Crippen molar-refractivity contribution in [1.29, 1.82) is 0 Å². The van der Waals surface area contributed by atoms with E-state index in [0.29, 0.717) is 0 Å². The summed E-state index contributed by atoms with van der Waals surface area (Å²) in [6.45, 7) is 4.56. The third kappa shape index (κ3) is 1.59. The van der Waals surface area contributed by atoms with Gasteiger partial charge in [-0.1, -0.05) is 0 Å². The molecular formula is C10H16O5. The summed E-state index contributed by atoms with van der Waals surface area (Å²) in [5.74, 6) is -0.553. The molecule has 3 aliphatic rings. The van der Waals surface area contributed by atoms with Gasteiger partial charge in [-0.05, 0) is 13.8 Å². The van der Waals surface area contributed by atoms with E-state index < -0.39 is 5.79 Å². The maximum atomic E-state index is 5.81. The smallest absolute Gasteiger partial charge is 0.186 e. The minimum Gasteiger partial charge on any atom is -0.370 e. The maximum Gasteiger partial charge on any atom is 0.186 e. The molecule has 0 amide bonds. The summed E-state index contributed by atoms with van der Waals surface area (Å²) < 4.78 is 27.8. The molecule has 0 radical (unpaired) electrons. The first kappa shape index (κ1) is 9.99. The summed E-state index contributed by atoms with van der Waals surface area (Å²) in [6.07, 6.45) is -0.459. The van der Waals surface area contributed by atoms with Crippen LogP contribution in [0.4, 0.5) is 0 Å². The molecule has 3 rings (SSSR count). The molecule has 3 heterocycles. The van der Waals surface area contributed by atoms with Gasteiger partial charge in [0.05, 0.1) is 6.61 Å². The molecule has 0 bridgehead atoms. The van der Waals surface area contributed by atoms with Gasteiger partial charge in [-0.3, -0.25) is 0 Å². The van der Waals surface area contributed by atoms with Crippen LogP contribution in [-0.2, 0) is 23.7 Å². The minimum atomic E-state index is -0.553. The lowest BCUT2D eigenvalue weighted by atomic mass is 10.1. The molecule has 0 saturated carbocycles. The Morgan fingerprint density at radius 1 is 1.13 bits per heavy atom. The lowest BCUT2D eigenvalue weighted by Crippen LogP contribution is -2.33.